The number of nitrogens with zero attached hydrogens (tertiary/aromatic N) is 1. The van der Waals surface area contributed by atoms with E-state index in [-0.39, 0.29) is 5.54 Å². The van der Waals surface area contributed by atoms with E-state index >= 15 is 0 Å². The predicted molar refractivity (Wildman–Crippen MR) is 60.7 cm³/mol. The summed E-state index contributed by atoms with van der Waals surface area (Å²) in [7, 11) is 0. The third-order valence-corrected chi connectivity index (χ3v) is 3.28. The molecule has 0 atom stereocenters. The van der Waals surface area contributed by atoms with E-state index in [2.05, 4.69) is 29.3 Å². The molecule has 0 spiro atoms. The minimum absolute atomic E-state index is 0.0675. The number of hydrogen-bond donors (Lipinski definition) is 2. The molecule has 0 saturated heterocycles. The molecule has 1 heterocycles. The van der Waals surface area contributed by atoms with Gasteiger partial charge in [0.1, 0.15) is 0 Å². The molecule has 0 bridgehead atoms. The van der Waals surface area contributed by atoms with Gasteiger partial charge in [0.2, 0.25) is 0 Å². The van der Waals surface area contributed by atoms with Gasteiger partial charge >= 0.3 is 0 Å². The van der Waals surface area contributed by atoms with Crippen molar-refractivity contribution in [3.63, 3.8) is 0 Å². The Bertz CT molecular complexity index is 509. The number of benzene rings is 1. The Balaban J connectivity index is 2.12. The van der Waals surface area contributed by atoms with Crippen LogP contribution >= 0.6 is 0 Å². The van der Waals surface area contributed by atoms with E-state index in [1.807, 2.05) is 6.07 Å². The lowest BCUT2D eigenvalue weighted by molar-refractivity contribution is 0.675. The van der Waals surface area contributed by atoms with E-state index in [1.165, 1.54) is 10.9 Å². The van der Waals surface area contributed by atoms with Gasteiger partial charge in [-0.1, -0.05) is 12.1 Å². The summed E-state index contributed by atoms with van der Waals surface area (Å²) in [6, 6.07) is 6.26. The van der Waals surface area contributed by atoms with E-state index in [0.717, 1.165) is 30.5 Å². The van der Waals surface area contributed by atoms with Crippen molar-refractivity contribution in [3.05, 3.63) is 29.5 Å². The second-order valence-corrected chi connectivity index (χ2v) is 4.70. The quantitative estimate of drug-likeness (QED) is 0.779. The van der Waals surface area contributed by atoms with Crippen molar-refractivity contribution >= 4 is 10.9 Å². The van der Waals surface area contributed by atoms with Gasteiger partial charge in [-0.15, -0.1) is 0 Å². The number of nitrogens with one attached hydrogen (secondary N) is 1. The average Bonchev–Trinajstić information content (AvgIpc) is 2.80. The number of hydrogen-bond acceptors (Lipinski definition) is 2. The molecule has 0 aliphatic heterocycles. The molecule has 3 heteroatoms. The Labute approximate surface area is 88.7 Å². The van der Waals surface area contributed by atoms with Crippen molar-refractivity contribution < 1.29 is 0 Å². The zero-order valence-corrected chi connectivity index (χ0v) is 8.88. The van der Waals surface area contributed by atoms with Crippen LogP contribution in [0.3, 0.4) is 0 Å². The van der Waals surface area contributed by atoms with Crippen LogP contribution < -0.4 is 5.73 Å². The topological polar surface area (TPSA) is 54.7 Å². The fraction of sp³-hybridized carbons (Fsp3) is 0.417. The van der Waals surface area contributed by atoms with Crippen LogP contribution in [0, 0.1) is 6.92 Å². The van der Waals surface area contributed by atoms with Crippen molar-refractivity contribution in [3.8, 4) is 0 Å². The van der Waals surface area contributed by atoms with Crippen LogP contribution in [-0.4, -0.2) is 15.7 Å². The first kappa shape index (κ1) is 8.92. The molecule has 1 aliphatic rings. The van der Waals surface area contributed by atoms with Crippen LogP contribution in [0.5, 0.6) is 0 Å². The van der Waals surface area contributed by atoms with Crippen LogP contribution in [0.25, 0.3) is 10.9 Å². The van der Waals surface area contributed by atoms with Crippen LogP contribution in [0.4, 0.5) is 0 Å². The Morgan fingerprint density at radius 2 is 2.27 bits per heavy atom. The van der Waals surface area contributed by atoms with Gasteiger partial charge in [-0.25, -0.2) is 0 Å². The monoisotopic (exact) mass is 201 g/mol. The lowest BCUT2D eigenvalue weighted by atomic mass is 10.00. The van der Waals surface area contributed by atoms with Gasteiger partial charge in [0.25, 0.3) is 0 Å². The maximum atomic E-state index is 6.16. The third-order valence-electron chi connectivity index (χ3n) is 3.28. The first-order chi connectivity index (χ1) is 7.18. The van der Waals surface area contributed by atoms with Crippen molar-refractivity contribution in [1.82, 2.24) is 10.2 Å². The Hall–Kier alpha value is -1.35. The van der Waals surface area contributed by atoms with Crippen molar-refractivity contribution in [1.29, 1.82) is 0 Å². The molecule has 1 aliphatic carbocycles. The van der Waals surface area contributed by atoms with Gasteiger partial charge in [-0.3, -0.25) is 5.10 Å². The van der Waals surface area contributed by atoms with E-state index in [9.17, 15) is 0 Å². The maximum absolute atomic E-state index is 6.16. The summed E-state index contributed by atoms with van der Waals surface area (Å²) in [6.45, 7) is 2.06. The molecular formula is C12H15N3. The normalized spacial score (nSPS) is 18.3. The minimum Gasteiger partial charge on any atom is -0.325 e. The lowest BCUT2D eigenvalue weighted by Crippen LogP contribution is -2.24. The van der Waals surface area contributed by atoms with Gasteiger partial charge in [0, 0.05) is 16.6 Å². The first-order valence-corrected chi connectivity index (χ1v) is 5.39. The predicted octanol–water partition coefficient (Wildman–Crippen LogP) is 1.91. The van der Waals surface area contributed by atoms with Gasteiger partial charge in [-0.2, -0.15) is 5.10 Å². The van der Waals surface area contributed by atoms with Crippen molar-refractivity contribution in [2.75, 3.05) is 0 Å². The highest BCUT2D eigenvalue weighted by Gasteiger charge is 2.38. The number of fused-ring (bicyclic) bond motifs is 1. The zero-order chi connectivity index (χ0) is 10.5. The van der Waals surface area contributed by atoms with Crippen molar-refractivity contribution in [2.24, 2.45) is 5.73 Å². The molecular weight excluding hydrogens is 186 g/mol. The second kappa shape index (κ2) is 2.83. The third kappa shape index (κ3) is 1.43. The molecule has 2 aromatic rings. The van der Waals surface area contributed by atoms with E-state index < -0.39 is 0 Å². The Morgan fingerprint density at radius 3 is 3.00 bits per heavy atom. The number of rotatable bonds is 2. The summed E-state index contributed by atoms with van der Waals surface area (Å²) in [6.07, 6.45) is 3.28. The molecule has 1 saturated carbocycles. The zero-order valence-electron chi connectivity index (χ0n) is 8.88. The number of H-pyrrole nitrogens is 1. The van der Waals surface area contributed by atoms with Crippen LogP contribution in [0.15, 0.2) is 18.2 Å². The summed E-state index contributed by atoms with van der Waals surface area (Å²) < 4.78 is 0. The number of aryl methyl sites for hydroxylation is 1. The minimum atomic E-state index is 0.0675. The SMILES string of the molecule is Cc1[nH]nc2cccc(CC3(N)CC3)c12. The Kier molecular flexibility index (Phi) is 1.68. The molecule has 78 valence electrons. The fourth-order valence-corrected chi connectivity index (χ4v) is 2.18. The molecule has 0 unspecified atom stereocenters. The summed E-state index contributed by atoms with van der Waals surface area (Å²) in [4.78, 5) is 0. The number of aromatic amines is 1. The van der Waals surface area contributed by atoms with E-state index in [4.69, 9.17) is 5.73 Å². The summed E-state index contributed by atoms with van der Waals surface area (Å²) in [5.74, 6) is 0. The fourth-order valence-electron chi connectivity index (χ4n) is 2.18. The second-order valence-electron chi connectivity index (χ2n) is 4.70. The molecule has 1 aromatic carbocycles. The molecule has 3 N–H and O–H groups in total. The standard InChI is InChI=1S/C12H15N3/c1-8-11-9(7-12(13)5-6-12)3-2-4-10(11)15-14-8/h2-4H,5-7,13H2,1H3,(H,14,15). The number of aromatic nitrogens is 2. The molecule has 1 aromatic heterocycles. The number of nitrogens with two attached hydrogens (primary N) is 1. The maximum Gasteiger partial charge on any atom is 0.0926 e. The smallest absolute Gasteiger partial charge is 0.0926 e. The largest absolute Gasteiger partial charge is 0.325 e. The van der Waals surface area contributed by atoms with Crippen molar-refractivity contribution in [2.45, 2.75) is 31.7 Å². The molecule has 0 amide bonds. The molecule has 15 heavy (non-hydrogen) atoms. The average molecular weight is 201 g/mol. The summed E-state index contributed by atoms with van der Waals surface area (Å²) >= 11 is 0. The van der Waals surface area contributed by atoms with Gasteiger partial charge < -0.3 is 5.73 Å². The van der Waals surface area contributed by atoms with Gasteiger partial charge in [0.15, 0.2) is 0 Å². The van der Waals surface area contributed by atoms with Crippen LogP contribution in [-0.2, 0) is 6.42 Å². The lowest BCUT2D eigenvalue weighted by Gasteiger charge is -2.09. The van der Waals surface area contributed by atoms with E-state index in [0.29, 0.717) is 0 Å². The summed E-state index contributed by atoms with van der Waals surface area (Å²) in [5, 5.41) is 8.55. The molecule has 3 nitrogen and oxygen atoms in total. The molecule has 1 fully saturated rings. The van der Waals surface area contributed by atoms with Gasteiger partial charge in [-0.05, 0) is 37.8 Å². The van der Waals surface area contributed by atoms with E-state index in [1.54, 1.807) is 0 Å². The molecule has 3 rings (SSSR count). The highest BCUT2D eigenvalue weighted by Crippen LogP contribution is 2.37. The van der Waals surface area contributed by atoms with Gasteiger partial charge in [0.05, 0.1) is 5.52 Å². The summed E-state index contributed by atoms with van der Waals surface area (Å²) in [5.41, 5.74) is 9.75. The Morgan fingerprint density at radius 1 is 1.47 bits per heavy atom. The first-order valence-electron chi connectivity index (χ1n) is 5.39. The molecule has 0 radical (unpaired) electrons. The highest BCUT2D eigenvalue weighted by molar-refractivity contribution is 5.84. The van der Waals surface area contributed by atoms with Crippen LogP contribution in [0.1, 0.15) is 24.1 Å². The van der Waals surface area contributed by atoms with Crippen LogP contribution in [0.2, 0.25) is 0 Å². The highest BCUT2D eigenvalue weighted by atomic mass is 15.1.